The van der Waals surface area contributed by atoms with Crippen LogP contribution in [0.15, 0.2) is 24.3 Å². The van der Waals surface area contributed by atoms with Crippen LogP contribution in [0.5, 0.6) is 0 Å². The molecule has 0 radical (unpaired) electrons. The van der Waals surface area contributed by atoms with Crippen LogP contribution in [-0.2, 0) is 19.5 Å². The molecule has 1 aromatic carbocycles. The predicted octanol–water partition coefficient (Wildman–Crippen LogP) is 2.83. The van der Waals surface area contributed by atoms with Crippen molar-refractivity contribution in [2.24, 2.45) is 0 Å². The van der Waals surface area contributed by atoms with E-state index in [0.29, 0.717) is 0 Å². The van der Waals surface area contributed by atoms with Gasteiger partial charge in [-0.1, -0.05) is 31.2 Å². The van der Waals surface area contributed by atoms with Crippen LogP contribution in [0.3, 0.4) is 0 Å². The molecule has 2 rings (SSSR count). The molecule has 1 N–H and O–H groups in total. The number of nitrogens with zero attached hydrogens (tertiary/aromatic N) is 2. The van der Waals surface area contributed by atoms with Gasteiger partial charge in [0.25, 0.3) is 0 Å². The summed E-state index contributed by atoms with van der Waals surface area (Å²) in [4.78, 5) is 0. The van der Waals surface area contributed by atoms with Gasteiger partial charge in [0.2, 0.25) is 0 Å². The van der Waals surface area contributed by atoms with Crippen LogP contribution >= 0.6 is 0 Å². The molecule has 0 unspecified atom stereocenters. The lowest BCUT2D eigenvalue weighted by Gasteiger charge is -2.07. The molecule has 0 atom stereocenters. The van der Waals surface area contributed by atoms with Crippen molar-refractivity contribution in [3.05, 3.63) is 52.3 Å². The van der Waals surface area contributed by atoms with Gasteiger partial charge < -0.3 is 5.32 Å². The van der Waals surface area contributed by atoms with Crippen LogP contribution in [0.25, 0.3) is 0 Å². The highest BCUT2D eigenvalue weighted by Gasteiger charge is 2.09. The zero-order chi connectivity index (χ0) is 13.8. The van der Waals surface area contributed by atoms with Crippen molar-refractivity contribution in [1.29, 1.82) is 0 Å². The number of hydrogen-bond donors (Lipinski definition) is 1. The van der Waals surface area contributed by atoms with Crippen molar-refractivity contribution < 1.29 is 0 Å². The molecular formula is C16H23N3. The van der Waals surface area contributed by atoms with Gasteiger partial charge in [-0.3, -0.25) is 4.68 Å². The fourth-order valence-electron chi connectivity index (χ4n) is 2.61. The monoisotopic (exact) mass is 257 g/mol. The smallest absolute Gasteiger partial charge is 0.0662 e. The van der Waals surface area contributed by atoms with Crippen LogP contribution < -0.4 is 5.32 Å². The van der Waals surface area contributed by atoms with Crippen molar-refractivity contribution in [3.63, 3.8) is 0 Å². The Balaban J connectivity index is 2.23. The molecule has 0 saturated heterocycles. The highest BCUT2D eigenvalue weighted by molar-refractivity contribution is 5.27. The lowest BCUT2D eigenvalue weighted by Crippen LogP contribution is -2.07. The summed E-state index contributed by atoms with van der Waals surface area (Å²) in [5.74, 6) is 0. The van der Waals surface area contributed by atoms with Crippen molar-refractivity contribution in [2.45, 2.75) is 40.3 Å². The Hall–Kier alpha value is -1.61. The van der Waals surface area contributed by atoms with Crippen molar-refractivity contribution in [1.82, 2.24) is 15.1 Å². The van der Waals surface area contributed by atoms with Gasteiger partial charge in [-0.25, -0.2) is 0 Å². The molecule has 1 heterocycles. The van der Waals surface area contributed by atoms with Gasteiger partial charge in [0.05, 0.1) is 12.2 Å². The van der Waals surface area contributed by atoms with Crippen molar-refractivity contribution >= 4 is 0 Å². The van der Waals surface area contributed by atoms with Crippen LogP contribution in [-0.4, -0.2) is 16.8 Å². The van der Waals surface area contributed by atoms with E-state index in [-0.39, 0.29) is 0 Å². The van der Waals surface area contributed by atoms with E-state index in [1.54, 1.807) is 0 Å². The molecule has 0 aliphatic rings. The molecular weight excluding hydrogens is 234 g/mol. The minimum Gasteiger partial charge on any atom is -0.316 e. The third-order valence-corrected chi connectivity index (χ3v) is 3.59. The zero-order valence-corrected chi connectivity index (χ0v) is 12.3. The fraction of sp³-hybridized carbons (Fsp3) is 0.438. The summed E-state index contributed by atoms with van der Waals surface area (Å²) in [5, 5.41) is 7.84. The minimum absolute atomic E-state index is 0.851. The van der Waals surface area contributed by atoms with Gasteiger partial charge in [0.1, 0.15) is 0 Å². The highest BCUT2D eigenvalue weighted by Crippen LogP contribution is 2.15. The highest BCUT2D eigenvalue weighted by atomic mass is 15.3. The van der Waals surface area contributed by atoms with Crippen LogP contribution in [0.2, 0.25) is 0 Å². The molecule has 0 saturated carbocycles. The Bertz CT molecular complexity index is 555. The molecule has 0 bridgehead atoms. The van der Waals surface area contributed by atoms with Gasteiger partial charge in [0.15, 0.2) is 0 Å². The zero-order valence-electron chi connectivity index (χ0n) is 12.3. The maximum atomic E-state index is 4.65. The maximum absolute atomic E-state index is 4.65. The lowest BCUT2D eigenvalue weighted by molar-refractivity contribution is 0.657. The van der Waals surface area contributed by atoms with Gasteiger partial charge >= 0.3 is 0 Å². The topological polar surface area (TPSA) is 29.9 Å². The van der Waals surface area contributed by atoms with E-state index >= 15 is 0 Å². The van der Waals surface area contributed by atoms with Crippen molar-refractivity contribution in [3.8, 4) is 0 Å². The van der Waals surface area contributed by atoms with Gasteiger partial charge in [-0.15, -0.1) is 0 Å². The number of aryl methyl sites for hydroxylation is 1. The summed E-state index contributed by atoms with van der Waals surface area (Å²) < 4.78 is 2.12. The molecule has 19 heavy (non-hydrogen) atoms. The first-order valence-electron chi connectivity index (χ1n) is 6.91. The SMILES string of the molecule is CCc1c(C)nn(Cc2cccc(CNC)c2)c1C. The first kappa shape index (κ1) is 13.8. The van der Waals surface area contributed by atoms with E-state index in [1.807, 2.05) is 7.05 Å². The molecule has 0 spiro atoms. The number of hydrogen-bond acceptors (Lipinski definition) is 2. The van der Waals surface area contributed by atoms with E-state index in [9.17, 15) is 0 Å². The lowest BCUT2D eigenvalue weighted by atomic mass is 10.1. The summed E-state index contributed by atoms with van der Waals surface area (Å²) in [7, 11) is 1.97. The van der Waals surface area contributed by atoms with Gasteiger partial charge in [-0.05, 0) is 44.0 Å². The standard InChI is InChI=1S/C16H23N3/c1-5-16-12(2)18-19(13(16)3)11-15-8-6-7-14(9-15)10-17-4/h6-9,17H,5,10-11H2,1-4H3. The Morgan fingerprint density at radius 1 is 1.21 bits per heavy atom. The third kappa shape index (κ3) is 3.04. The quantitative estimate of drug-likeness (QED) is 0.892. The number of nitrogens with one attached hydrogen (secondary N) is 1. The van der Waals surface area contributed by atoms with E-state index in [1.165, 1.54) is 22.4 Å². The molecule has 0 fully saturated rings. The maximum Gasteiger partial charge on any atom is 0.0662 e. The minimum atomic E-state index is 0.851. The summed E-state index contributed by atoms with van der Waals surface area (Å²) in [5.41, 5.74) is 6.45. The average Bonchev–Trinajstić information content (AvgIpc) is 2.65. The first-order valence-corrected chi connectivity index (χ1v) is 6.91. The van der Waals surface area contributed by atoms with E-state index < -0.39 is 0 Å². The summed E-state index contributed by atoms with van der Waals surface area (Å²) in [6, 6.07) is 8.69. The Labute approximate surface area is 115 Å². The molecule has 3 nitrogen and oxygen atoms in total. The Morgan fingerprint density at radius 3 is 2.58 bits per heavy atom. The number of rotatable bonds is 5. The predicted molar refractivity (Wildman–Crippen MR) is 79.4 cm³/mol. The van der Waals surface area contributed by atoms with E-state index in [2.05, 4.69) is 60.1 Å². The van der Waals surface area contributed by atoms with Gasteiger partial charge in [-0.2, -0.15) is 5.10 Å². The average molecular weight is 257 g/mol. The molecule has 0 aliphatic heterocycles. The van der Waals surface area contributed by atoms with Crippen LogP contribution in [0.4, 0.5) is 0 Å². The summed E-state index contributed by atoms with van der Waals surface area (Å²) >= 11 is 0. The third-order valence-electron chi connectivity index (χ3n) is 3.59. The second-order valence-electron chi connectivity index (χ2n) is 5.01. The van der Waals surface area contributed by atoms with Crippen molar-refractivity contribution in [2.75, 3.05) is 7.05 Å². The molecule has 0 aliphatic carbocycles. The molecule has 0 amide bonds. The second-order valence-corrected chi connectivity index (χ2v) is 5.01. The second kappa shape index (κ2) is 6.02. The molecule has 2 aromatic rings. The van der Waals surface area contributed by atoms with E-state index in [4.69, 9.17) is 0 Å². The largest absolute Gasteiger partial charge is 0.316 e. The Morgan fingerprint density at radius 2 is 1.95 bits per heavy atom. The number of benzene rings is 1. The molecule has 1 aromatic heterocycles. The fourth-order valence-corrected chi connectivity index (χ4v) is 2.61. The molecule has 3 heteroatoms. The van der Waals surface area contributed by atoms with Crippen LogP contribution in [0, 0.1) is 13.8 Å². The van der Waals surface area contributed by atoms with Gasteiger partial charge in [0, 0.05) is 12.2 Å². The van der Waals surface area contributed by atoms with Crippen LogP contribution in [0.1, 0.15) is 35.0 Å². The number of aromatic nitrogens is 2. The Kier molecular flexibility index (Phi) is 4.38. The first-order chi connectivity index (χ1) is 9.15. The normalized spacial score (nSPS) is 10.9. The summed E-state index contributed by atoms with van der Waals surface area (Å²) in [6.45, 7) is 8.21. The van der Waals surface area contributed by atoms with E-state index in [0.717, 1.165) is 25.2 Å². The molecule has 102 valence electrons. The summed E-state index contributed by atoms with van der Waals surface area (Å²) in [6.07, 6.45) is 1.05.